The molecule has 0 radical (unpaired) electrons. The molecule has 1 aliphatic rings. The Hall–Kier alpha value is -0.160. The summed E-state index contributed by atoms with van der Waals surface area (Å²) in [5.74, 6) is 0. The molecule has 4 nitrogen and oxygen atoms in total. The van der Waals surface area contributed by atoms with Gasteiger partial charge in [-0.1, -0.05) is 0 Å². The van der Waals surface area contributed by atoms with Crippen molar-refractivity contribution in [2.45, 2.75) is 52.1 Å². The highest BCUT2D eigenvalue weighted by molar-refractivity contribution is 4.69. The molecule has 0 spiro atoms. The van der Waals surface area contributed by atoms with Crippen LogP contribution in [0.3, 0.4) is 0 Å². The number of ether oxygens (including phenoxy) is 4. The van der Waals surface area contributed by atoms with Gasteiger partial charge in [-0.3, -0.25) is 0 Å². The lowest BCUT2D eigenvalue weighted by Crippen LogP contribution is -2.29. The van der Waals surface area contributed by atoms with Gasteiger partial charge in [0.1, 0.15) is 12.2 Å². The lowest BCUT2D eigenvalue weighted by molar-refractivity contribution is -0.0836. The molecule has 1 atom stereocenters. The third kappa shape index (κ3) is 7.17. The largest absolute Gasteiger partial charge is 0.376 e. The molecule has 1 unspecified atom stereocenters. The molecule has 96 valence electrons. The van der Waals surface area contributed by atoms with Gasteiger partial charge in [-0.2, -0.15) is 0 Å². The van der Waals surface area contributed by atoms with E-state index in [4.69, 9.17) is 18.9 Å². The molecule has 0 aromatic carbocycles. The summed E-state index contributed by atoms with van der Waals surface area (Å²) in [6.45, 7) is 10.7. The van der Waals surface area contributed by atoms with E-state index in [1.807, 2.05) is 27.7 Å². The summed E-state index contributed by atoms with van der Waals surface area (Å²) < 4.78 is 21.9. The van der Waals surface area contributed by atoms with Crippen LogP contribution in [-0.4, -0.2) is 50.8 Å². The molecule has 1 heterocycles. The molecule has 4 heteroatoms. The van der Waals surface area contributed by atoms with E-state index >= 15 is 0 Å². The highest BCUT2D eigenvalue weighted by Gasteiger charge is 2.24. The van der Waals surface area contributed by atoms with E-state index in [1.54, 1.807) is 0 Å². The lowest BCUT2D eigenvalue weighted by Gasteiger charge is -2.20. The molecular formula is C12H24O4. The maximum absolute atomic E-state index is 5.69. The van der Waals surface area contributed by atoms with E-state index in [2.05, 4.69) is 0 Å². The van der Waals surface area contributed by atoms with Crippen molar-refractivity contribution >= 4 is 0 Å². The Kier molecular flexibility index (Phi) is 6.28. The molecule has 0 amide bonds. The molecule has 0 N–H and O–H groups in total. The van der Waals surface area contributed by atoms with Crippen LogP contribution < -0.4 is 0 Å². The zero-order valence-electron chi connectivity index (χ0n) is 10.8. The van der Waals surface area contributed by atoms with Crippen LogP contribution in [0.15, 0.2) is 0 Å². The van der Waals surface area contributed by atoms with Crippen LogP contribution >= 0.6 is 0 Å². The van der Waals surface area contributed by atoms with Gasteiger partial charge in [-0.25, -0.2) is 0 Å². The maximum atomic E-state index is 5.69. The van der Waals surface area contributed by atoms with Crippen molar-refractivity contribution in [2.24, 2.45) is 0 Å². The maximum Gasteiger partial charge on any atom is 0.104 e. The SMILES string of the molecule is CC(C)OCC(COC(C)C)OCC1CO1. The zero-order valence-corrected chi connectivity index (χ0v) is 10.8. The molecule has 1 fully saturated rings. The van der Waals surface area contributed by atoms with E-state index < -0.39 is 0 Å². The second-order valence-electron chi connectivity index (χ2n) is 4.67. The van der Waals surface area contributed by atoms with Crippen molar-refractivity contribution < 1.29 is 18.9 Å². The predicted octanol–water partition coefficient (Wildman–Crippen LogP) is 1.62. The fraction of sp³-hybridized carbons (Fsp3) is 1.00. The molecule has 1 saturated heterocycles. The summed E-state index contributed by atoms with van der Waals surface area (Å²) in [7, 11) is 0. The van der Waals surface area contributed by atoms with E-state index in [9.17, 15) is 0 Å². The zero-order chi connectivity index (χ0) is 12.0. The summed E-state index contributed by atoms with van der Waals surface area (Å²) in [5, 5.41) is 0. The first kappa shape index (κ1) is 13.9. The summed E-state index contributed by atoms with van der Waals surface area (Å²) in [6.07, 6.45) is 0.749. The highest BCUT2D eigenvalue weighted by atomic mass is 16.6. The fourth-order valence-electron chi connectivity index (χ4n) is 1.15. The number of epoxide rings is 1. The molecule has 0 aromatic heterocycles. The quantitative estimate of drug-likeness (QED) is 0.566. The van der Waals surface area contributed by atoms with Gasteiger partial charge < -0.3 is 18.9 Å². The van der Waals surface area contributed by atoms with Crippen molar-refractivity contribution in [3.8, 4) is 0 Å². The average molecular weight is 232 g/mol. The second kappa shape index (κ2) is 7.22. The van der Waals surface area contributed by atoms with Crippen LogP contribution in [0.2, 0.25) is 0 Å². The van der Waals surface area contributed by atoms with Gasteiger partial charge in [0, 0.05) is 0 Å². The van der Waals surface area contributed by atoms with E-state index in [-0.39, 0.29) is 18.3 Å². The minimum atomic E-state index is 0.00833. The normalized spacial score (nSPS) is 20.1. The Morgan fingerprint density at radius 3 is 1.88 bits per heavy atom. The van der Waals surface area contributed by atoms with Crippen LogP contribution in [-0.2, 0) is 18.9 Å². The smallest absolute Gasteiger partial charge is 0.104 e. The summed E-state index contributed by atoms with van der Waals surface area (Å²) >= 11 is 0. The molecule has 16 heavy (non-hydrogen) atoms. The van der Waals surface area contributed by atoms with Crippen molar-refractivity contribution in [1.82, 2.24) is 0 Å². The molecule has 0 bridgehead atoms. The van der Waals surface area contributed by atoms with Gasteiger partial charge >= 0.3 is 0 Å². The van der Waals surface area contributed by atoms with Gasteiger partial charge in [0.2, 0.25) is 0 Å². The third-order valence-corrected chi connectivity index (χ3v) is 2.15. The van der Waals surface area contributed by atoms with Gasteiger partial charge in [0.25, 0.3) is 0 Å². The van der Waals surface area contributed by atoms with Crippen LogP contribution in [0, 0.1) is 0 Å². The van der Waals surface area contributed by atoms with Crippen molar-refractivity contribution in [1.29, 1.82) is 0 Å². The van der Waals surface area contributed by atoms with Crippen molar-refractivity contribution in [2.75, 3.05) is 26.4 Å². The van der Waals surface area contributed by atoms with Crippen molar-refractivity contribution in [3.63, 3.8) is 0 Å². The first-order valence-electron chi connectivity index (χ1n) is 6.04. The van der Waals surface area contributed by atoms with Gasteiger partial charge in [-0.15, -0.1) is 0 Å². The first-order chi connectivity index (χ1) is 7.58. The van der Waals surface area contributed by atoms with Crippen LogP contribution in [0.25, 0.3) is 0 Å². The number of hydrogen-bond donors (Lipinski definition) is 0. The van der Waals surface area contributed by atoms with Gasteiger partial charge in [-0.05, 0) is 27.7 Å². The molecule has 1 aliphatic heterocycles. The molecule has 0 saturated carbocycles. The Bertz CT molecular complexity index is 158. The Morgan fingerprint density at radius 1 is 1.00 bits per heavy atom. The Labute approximate surface area is 98.2 Å². The van der Waals surface area contributed by atoms with Crippen LogP contribution in [0.5, 0.6) is 0 Å². The van der Waals surface area contributed by atoms with E-state index in [0.29, 0.717) is 25.9 Å². The monoisotopic (exact) mass is 232 g/mol. The topological polar surface area (TPSA) is 40.2 Å². The first-order valence-corrected chi connectivity index (χ1v) is 6.04. The Balaban J connectivity index is 2.16. The standard InChI is InChI=1S/C12H24O4/c1-9(2)13-5-11(6-14-10(3)4)15-7-12-8-16-12/h9-12H,5-8H2,1-4H3. The van der Waals surface area contributed by atoms with Crippen LogP contribution in [0.4, 0.5) is 0 Å². The molecule has 1 rings (SSSR count). The molecule has 0 aliphatic carbocycles. The number of hydrogen-bond acceptors (Lipinski definition) is 4. The van der Waals surface area contributed by atoms with E-state index in [0.717, 1.165) is 6.61 Å². The highest BCUT2D eigenvalue weighted by Crippen LogP contribution is 2.11. The average Bonchev–Trinajstić information content (AvgIpc) is 2.99. The summed E-state index contributed by atoms with van der Waals surface area (Å²) in [5.41, 5.74) is 0. The summed E-state index contributed by atoms with van der Waals surface area (Å²) in [6, 6.07) is 0. The summed E-state index contributed by atoms with van der Waals surface area (Å²) in [4.78, 5) is 0. The molecular weight excluding hydrogens is 208 g/mol. The Morgan fingerprint density at radius 2 is 1.50 bits per heavy atom. The van der Waals surface area contributed by atoms with Crippen molar-refractivity contribution in [3.05, 3.63) is 0 Å². The van der Waals surface area contributed by atoms with Gasteiger partial charge in [0.05, 0.1) is 38.6 Å². The second-order valence-corrected chi connectivity index (χ2v) is 4.67. The lowest BCUT2D eigenvalue weighted by atomic mass is 10.3. The third-order valence-electron chi connectivity index (χ3n) is 2.15. The molecule has 0 aromatic rings. The minimum Gasteiger partial charge on any atom is -0.376 e. The minimum absolute atomic E-state index is 0.00833. The van der Waals surface area contributed by atoms with E-state index in [1.165, 1.54) is 0 Å². The van der Waals surface area contributed by atoms with Gasteiger partial charge in [0.15, 0.2) is 0 Å². The van der Waals surface area contributed by atoms with Crippen LogP contribution in [0.1, 0.15) is 27.7 Å². The number of rotatable bonds is 9. The predicted molar refractivity (Wildman–Crippen MR) is 61.7 cm³/mol. The fourth-order valence-corrected chi connectivity index (χ4v) is 1.15.